The van der Waals surface area contributed by atoms with Gasteiger partial charge in [0.05, 0.1) is 6.10 Å². The van der Waals surface area contributed by atoms with Gasteiger partial charge in [-0.3, -0.25) is 9.59 Å². The molecule has 4 heteroatoms. The summed E-state index contributed by atoms with van der Waals surface area (Å²) in [5.74, 6) is 0.313. The smallest absolute Gasteiger partial charge is 0.178 e. The SMILES string of the molecule is CC(=O)[C@@]1(O)CC[C@H]2[C@@H]3[C@@H](O)CC4=CC(=O)C=C[C@]4(C)[C@H]3CC[C@@]21C. The van der Waals surface area contributed by atoms with Crippen LogP contribution >= 0.6 is 0 Å². The molecule has 25 heavy (non-hydrogen) atoms. The lowest BCUT2D eigenvalue weighted by molar-refractivity contribution is -0.165. The van der Waals surface area contributed by atoms with Crippen LogP contribution in [-0.2, 0) is 9.59 Å². The number of aliphatic hydroxyl groups is 2. The first kappa shape index (κ1) is 17.2. The van der Waals surface area contributed by atoms with Crippen LogP contribution in [0.3, 0.4) is 0 Å². The van der Waals surface area contributed by atoms with Crippen LogP contribution < -0.4 is 0 Å². The fraction of sp³-hybridized carbons (Fsp3) is 0.714. The van der Waals surface area contributed by atoms with Crippen molar-refractivity contribution >= 4 is 11.6 Å². The fourth-order valence-corrected chi connectivity index (χ4v) is 6.77. The number of rotatable bonds is 1. The van der Waals surface area contributed by atoms with Crippen LogP contribution in [0.15, 0.2) is 23.8 Å². The van der Waals surface area contributed by atoms with E-state index < -0.39 is 17.1 Å². The van der Waals surface area contributed by atoms with Crippen molar-refractivity contribution < 1.29 is 19.8 Å². The Bertz CT molecular complexity index is 707. The Balaban J connectivity index is 1.76. The lowest BCUT2D eigenvalue weighted by Crippen LogP contribution is -2.59. The van der Waals surface area contributed by atoms with Crippen LogP contribution in [0.5, 0.6) is 0 Å². The van der Waals surface area contributed by atoms with Crippen molar-refractivity contribution in [2.24, 2.45) is 28.6 Å². The molecule has 136 valence electrons. The third-order valence-electron chi connectivity index (χ3n) is 8.31. The van der Waals surface area contributed by atoms with Crippen molar-refractivity contribution in [2.75, 3.05) is 0 Å². The molecule has 2 N–H and O–H groups in total. The third kappa shape index (κ3) is 2.01. The van der Waals surface area contributed by atoms with Crippen LogP contribution in [0.2, 0.25) is 0 Å². The van der Waals surface area contributed by atoms with Gasteiger partial charge >= 0.3 is 0 Å². The first-order chi connectivity index (χ1) is 11.6. The molecule has 4 nitrogen and oxygen atoms in total. The summed E-state index contributed by atoms with van der Waals surface area (Å²) in [6.07, 6.45) is 8.31. The molecule has 0 heterocycles. The van der Waals surface area contributed by atoms with Crippen molar-refractivity contribution in [1.29, 1.82) is 0 Å². The highest BCUT2D eigenvalue weighted by Gasteiger charge is 2.66. The molecule has 0 aliphatic heterocycles. The van der Waals surface area contributed by atoms with Gasteiger partial charge in [-0.25, -0.2) is 0 Å². The van der Waals surface area contributed by atoms with Gasteiger partial charge in [-0.1, -0.05) is 25.5 Å². The summed E-state index contributed by atoms with van der Waals surface area (Å²) >= 11 is 0. The summed E-state index contributed by atoms with van der Waals surface area (Å²) in [5.41, 5.74) is -0.891. The van der Waals surface area contributed by atoms with Crippen LogP contribution in [0.1, 0.15) is 52.9 Å². The van der Waals surface area contributed by atoms with E-state index in [1.54, 1.807) is 12.2 Å². The molecule has 0 aromatic carbocycles. The number of aliphatic hydroxyl groups excluding tert-OH is 1. The Morgan fingerprint density at radius 3 is 2.56 bits per heavy atom. The Hall–Kier alpha value is -1.26. The lowest BCUT2D eigenvalue weighted by atomic mass is 9.46. The number of hydrogen-bond acceptors (Lipinski definition) is 4. The second-order valence-corrected chi connectivity index (χ2v) is 9.16. The van der Waals surface area contributed by atoms with Gasteiger partial charge in [0.15, 0.2) is 11.6 Å². The Morgan fingerprint density at radius 2 is 1.88 bits per heavy atom. The van der Waals surface area contributed by atoms with Gasteiger partial charge in [0.25, 0.3) is 0 Å². The molecule has 0 bridgehead atoms. The van der Waals surface area contributed by atoms with Crippen LogP contribution in [0, 0.1) is 28.6 Å². The van der Waals surface area contributed by atoms with Crippen molar-refractivity contribution in [3.63, 3.8) is 0 Å². The summed E-state index contributed by atoms with van der Waals surface area (Å²) in [6.45, 7) is 5.72. The summed E-state index contributed by atoms with van der Waals surface area (Å²) in [4.78, 5) is 24.0. The predicted molar refractivity (Wildman–Crippen MR) is 93.6 cm³/mol. The number of carbonyl (C=O) groups is 2. The van der Waals surface area contributed by atoms with Gasteiger partial charge in [0.2, 0.25) is 0 Å². The van der Waals surface area contributed by atoms with Crippen molar-refractivity contribution in [2.45, 2.75) is 64.6 Å². The van der Waals surface area contributed by atoms with Gasteiger partial charge in [0, 0.05) is 10.8 Å². The van der Waals surface area contributed by atoms with Gasteiger partial charge in [-0.05, 0) is 68.9 Å². The van der Waals surface area contributed by atoms with Gasteiger partial charge in [-0.2, -0.15) is 0 Å². The zero-order chi connectivity index (χ0) is 18.2. The van der Waals surface area contributed by atoms with Gasteiger partial charge in [-0.15, -0.1) is 0 Å². The molecule has 0 saturated heterocycles. The molecule has 3 saturated carbocycles. The maximum atomic E-state index is 12.2. The Labute approximate surface area is 149 Å². The molecular weight excluding hydrogens is 316 g/mol. The fourth-order valence-electron chi connectivity index (χ4n) is 6.77. The molecule has 4 aliphatic rings. The maximum Gasteiger partial charge on any atom is 0.178 e. The average Bonchev–Trinajstić information content (AvgIpc) is 2.82. The predicted octanol–water partition coefficient (Wildman–Crippen LogP) is 2.59. The summed E-state index contributed by atoms with van der Waals surface area (Å²) in [6, 6.07) is 0. The number of Topliss-reactive ketones (excluding diaryl/α,β-unsaturated/α-hetero) is 1. The minimum Gasteiger partial charge on any atom is -0.392 e. The minimum absolute atomic E-state index is 0.00518. The lowest BCUT2D eigenvalue weighted by Gasteiger charge is -2.59. The highest BCUT2D eigenvalue weighted by Crippen LogP contribution is 2.67. The molecule has 0 aromatic rings. The molecule has 4 aliphatic carbocycles. The molecule has 7 atom stereocenters. The van der Waals surface area contributed by atoms with E-state index in [0.29, 0.717) is 12.8 Å². The molecule has 0 unspecified atom stereocenters. The van der Waals surface area contributed by atoms with Crippen molar-refractivity contribution in [3.8, 4) is 0 Å². The number of fused-ring (bicyclic) bond motifs is 5. The summed E-state index contributed by atoms with van der Waals surface area (Å²) in [7, 11) is 0. The average molecular weight is 344 g/mol. The normalized spacial score (nSPS) is 51.4. The molecule has 0 aromatic heterocycles. The van der Waals surface area contributed by atoms with E-state index in [9.17, 15) is 19.8 Å². The first-order valence-corrected chi connectivity index (χ1v) is 9.49. The van der Waals surface area contributed by atoms with Crippen LogP contribution in [-0.4, -0.2) is 33.5 Å². The zero-order valence-electron chi connectivity index (χ0n) is 15.3. The largest absolute Gasteiger partial charge is 0.392 e. The topological polar surface area (TPSA) is 74.6 Å². The highest BCUT2D eigenvalue weighted by atomic mass is 16.3. The Morgan fingerprint density at radius 1 is 1.20 bits per heavy atom. The number of carbonyl (C=O) groups excluding carboxylic acids is 2. The van der Waals surface area contributed by atoms with Gasteiger partial charge in [0.1, 0.15) is 5.60 Å². The van der Waals surface area contributed by atoms with E-state index in [4.69, 9.17) is 0 Å². The second-order valence-electron chi connectivity index (χ2n) is 9.16. The molecule has 4 rings (SSSR count). The van der Waals surface area contributed by atoms with Crippen molar-refractivity contribution in [3.05, 3.63) is 23.8 Å². The molecule has 0 spiro atoms. The van der Waals surface area contributed by atoms with Crippen molar-refractivity contribution in [1.82, 2.24) is 0 Å². The monoisotopic (exact) mass is 344 g/mol. The Kier molecular flexibility index (Phi) is 3.53. The number of hydrogen-bond donors (Lipinski definition) is 2. The number of allylic oxidation sites excluding steroid dienone is 3. The van der Waals surface area contributed by atoms with E-state index in [1.807, 2.05) is 13.0 Å². The van der Waals surface area contributed by atoms with Crippen LogP contribution in [0.4, 0.5) is 0 Å². The van der Waals surface area contributed by atoms with E-state index >= 15 is 0 Å². The van der Waals surface area contributed by atoms with E-state index in [2.05, 4.69) is 6.92 Å². The maximum absolute atomic E-state index is 12.2. The van der Waals surface area contributed by atoms with Gasteiger partial charge < -0.3 is 10.2 Å². The minimum atomic E-state index is -1.27. The highest BCUT2D eigenvalue weighted by molar-refractivity contribution is 6.01. The molecule has 0 amide bonds. The molecular formula is C21H28O4. The quantitative estimate of drug-likeness (QED) is 0.767. The molecule has 0 radical (unpaired) electrons. The van der Waals surface area contributed by atoms with E-state index in [0.717, 1.165) is 24.8 Å². The molecule has 3 fully saturated rings. The second kappa shape index (κ2) is 5.14. The summed E-state index contributed by atoms with van der Waals surface area (Å²) < 4.78 is 0. The van der Waals surface area contributed by atoms with Crippen LogP contribution in [0.25, 0.3) is 0 Å². The number of ketones is 2. The summed E-state index contributed by atoms with van der Waals surface area (Å²) in [5, 5.41) is 22.1. The van der Waals surface area contributed by atoms with E-state index in [1.165, 1.54) is 6.92 Å². The third-order valence-corrected chi connectivity index (χ3v) is 8.31. The standard InChI is InChI=1S/C21H28O4/c1-12(22)21(25)9-6-16-18-15(5-8-20(16,21)3)19(2)7-4-14(23)10-13(19)11-17(18)24/h4,7,10,15-18,24-25H,5-6,8-9,11H2,1-3H3/t15-,16-,17-,18+,19-,20-,21-/m0/s1. The first-order valence-electron chi connectivity index (χ1n) is 9.49. The zero-order valence-corrected chi connectivity index (χ0v) is 15.3. The van der Waals surface area contributed by atoms with E-state index in [-0.39, 0.29) is 34.7 Å².